The number of hydrogen-bond donors (Lipinski definition) is 1. The fraction of sp³-hybridized carbons (Fsp3) is 0.500. The van der Waals surface area contributed by atoms with E-state index in [0.29, 0.717) is 19.0 Å². The molecule has 21 heavy (non-hydrogen) atoms. The van der Waals surface area contributed by atoms with E-state index in [1.807, 2.05) is 0 Å². The third-order valence-corrected chi connectivity index (χ3v) is 4.83. The lowest BCUT2D eigenvalue weighted by atomic mass is 10.0. The first-order valence-corrected chi connectivity index (χ1v) is 8.86. The first-order chi connectivity index (χ1) is 9.81. The average Bonchev–Trinajstić information content (AvgIpc) is 2.85. The van der Waals surface area contributed by atoms with Gasteiger partial charge in [-0.2, -0.15) is 0 Å². The van der Waals surface area contributed by atoms with Crippen molar-refractivity contribution in [3.8, 4) is 0 Å². The second kappa shape index (κ2) is 6.34. The topological polar surface area (TPSA) is 80.5 Å². The molecule has 1 aromatic rings. The summed E-state index contributed by atoms with van der Waals surface area (Å²) in [6.07, 6.45) is 3.18. The summed E-state index contributed by atoms with van der Waals surface area (Å²) in [6.45, 7) is 3.53. The summed E-state index contributed by atoms with van der Waals surface area (Å²) in [5, 5.41) is 5.29. The SMILES string of the molecule is CCCC1CCN(C(=O)c2cc(Cl)cc(S(N)(=O)=O)c2)C1. The summed E-state index contributed by atoms with van der Waals surface area (Å²) in [6, 6.07) is 4.01. The Hall–Kier alpha value is -1.11. The molecule has 116 valence electrons. The summed E-state index contributed by atoms with van der Waals surface area (Å²) in [5.74, 6) is 0.330. The molecule has 0 bridgehead atoms. The van der Waals surface area contributed by atoms with Gasteiger partial charge in [-0.1, -0.05) is 24.9 Å². The Morgan fingerprint density at radius 2 is 2.14 bits per heavy atom. The molecule has 2 rings (SSSR count). The molecule has 1 aliphatic rings. The molecule has 0 saturated carbocycles. The second-order valence-corrected chi connectivity index (χ2v) is 7.41. The van der Waals surface area contributed by atoms with Crippen LogP contribution in [0.5, 0.6) is 0 Å². The molecule has 0 spiro atoms. The van der Waals surface area contributed by atoms with Crippen LogP contribution in [0.15, 0.2) is 23.1 Å². The summed E-state index contributed by atoms with van der Waals surface area (Å²) < 4.78 is 22.8. The lowest BCUT2D eigenvalue weighted by Crippen LogP contribution is -2.29. The third kappa shape index (κ3) is 3.96. The van der Waals surface area contributed by atoms with Crippen LogP contribution in [0, 0.1) is 5.92 Å². The zero-order valence-electron chi connectivity index (χ0n) is 11.9. The molecule has 0 radical (unpaired) electrons. The second-order valence-electron chi connectivity index (χ2n) is 5.42. The average molecular weight is 331 g/mol. The zero-order chi connectivity index (χ0) is 15.6. The van der Waals surface area contributed by atoms with Crippen LogP contribution in [-0.4, -0.2) is 32.3 Å². The number of halogens is 1. The van der Waals surface area contributed by atoms with E-state index in [1.54, 1.807) is 4.90 Å². The number of sulfonamides is 1. The Morgan fingerprint density at radius 3 is 2.76 bits per heavy atom. The maximum Gasteiger partial charge on any atom is 0.253 e. The number of nitrogens with two attached hydrogens (primary N) is 1. The highest BCUT2D eigenvalue weighted by molar-refractivity contribution is 7.89. The molecule has 5 nitrogen and oxygen atoms in total. The number of likely N-dealkylation sites (tertiary alicyclic amines) is 1. The molecule has 1 unspecified atom stereocenters. The molecule has 0 aromatic heterocycles. The van der Waals surface area contributed by atoms with Crippen LogP contribution in [0.2, 0.25) is 5.02 Å². The lowest BCUT2D eigenvalue weighted by molar-refractivity contribution is 0.0786. The first-order valence-electron chi connectivity index (χ1n) is 6.94. The third-order valence-electron chi connectivity index (χ3n) is 3.72. The Bertz CT molecular complexity index is 646. The van der Waals surface area contributed by atoms with Crippen LogP contribution >= 0.6 is 11.6 Å². The summed E-state index contributed by atoms with van der Waals surface area (Å²) in [4.78, 5) is 14.1. The van der Waals surface area contributed by atoms with Gasteiger partial charge in [0, 0.05) is 23.7 Å². The van der Waals surface area contributed by atoms with Gasteiger partial charge < -0.3 is 4.90 Å². The van der Waals surface area contributed by atoms with Crippen molar-refractivity contribution < 1.29 is 13.2 Å². The van der Waals surface area contributed by atoms with Crippen molar-refractivity contribution in [3.05, 3.63) is 28.8 Å². The van der Waals surface area contributed by atoms with Crippen molar-refractivity contribution in [2.45, 2.75) is 31.1 Å². The van der Waals surface area contributed by atoms with Crippen molar-refractivity contribution >= 4 is 27.5 Å². The number of nitrogens with zero attached hydrogens (tertiary/aromatic N) is 1. The Balaban J connectivity index is 2.22. The standard InChI is InChI=1S/C14H19ClN2O3S/c1-2-3-10-4-5-17(9-10)14(18)11-6-12(15)8-13(7-11)21(16,19)20/h6-8,10H,2-5,9H2,1H3,(H2,16,19,20). The number of amides is 1. The van der Waals surface area contributed by atoms with E-state index in [9.17, 15) is 13.2 Å². The minimum absolute atomic E-state index is 0.136. The summed E-state index contributed by atoms with van der Waals surface area (Å²) >= 11 is 5.89. The van der Waals surface area contributed by atoms with Crippen LogP contribution in [0.25, 0.3) is 0 Å². The normalized spacial score (nSPS) is 19.0. The highest BCUT2D eigenvalue weighted by Gasteiger charge is 2.27. The lowest BCUT2D eigenvalue weighted by Gasteiger charge is -2.17. The summed E-state index contributed by atoms with van der Waals surface area (Å²) in [7, 11) is -3.88. The fourth-order valence-electron chi connectivity index (χ4n) is 2.69. The van der Waals surface area contributed by atoms with Crippen molar-refractivity contribution in [1.29, 1.82) is 0 Å². The van der Waals surface area contributed by atoms with Gasteiger partial charge in [0.2, 0.25) is 10.0 Å². The maximum atomic E-state index is 12.5. The molecule has 7 heteroatoms. The van der Waals surface area contributed by atoms with E-state index in [1.165, 1.54) is 18.2 Å². The Kier molecular flexibility index (Phi) is 4.91. The van der Waals surface area contributed by atoms with Crippen molar-refractivity contribution in [2.75, 3.05) is 13.1 Å². The molecule has 1 aromatic carbocycles. The molecule has 1 fully saturated rings. The maximum absolute atomic E-state index is 12.5. The number of rotatable bonds is 4. The smallest absolute Gasteiger partial charge is 0.253 e. The van der Waals surface area contributed by atoms with Crippen molar-refractivity contribution in [1.82, 2.24) is 4.90 Å². The van der Waals surface area contributed by atoms with Gasteiger partial charge in [0.15, 0.2) is 0 Å². The van der Waals surface area contributed by atoms with E-state index in [4.69, 9.17) is 16.7 Å². The van der Waals surface area contributed by atoms with Crippen LogP contribution in [0.3, 0.4) is 0 Å². The monoisotopic (exact) mass is 330 g/mol. The van der Waals surface area contributed by atoms with Crippen LogP contribution in [0.1, 0.15) is 36.5 Å². The van der Waals surface area contributed by atoms with Gasteiger partial charge in [-0.15, -0.1) is 0 Å². The van der Waals surface area contributed by atoms with Gasteiger partial charge in [0.1, 0.15) is 0 Å². The van der Waals surface area contributed by atoms with Crippen LogP contribution in [0.4, 0.5) is 0 Å². The Labute approximate surface area is 130 Å². The molecule has 2 N–H and O–H groups in total. The molecular formula is C14H19ClN2O3S. The number of carbonyl (C=O) groups is 1. The molecule has 1 heterocycles. The number of carbonyl (C=O) groups excluding carboxylic acids is 1. The van der Waals surface area contributed by atoms with Gasteiger partial charge in [-0.3, -0.25) is 4.79 Å². The summed E-state index contributed by atoms with van der Waals surface area (Å²) in [5.41, 5.74) is 0.267. The predicted molar refractivity (Wildman–Crippen MR) is 81.7 cm³/mol. The number of primary sulfonamides is 1. The highest BCUT2D eigenvalue weighted by Crippen LogP contribution is 2.24. The van der Waals surface area contributed by atoms with E-state index in [-0.39, 0.29) is 21.4 Å². The van der Waals surface area contributed by atoms with E-state index >= 15 is 0 Å². The molecular weight excluding hydrogens is 312 g/mol. The quantitative estimate of drug-likeness (QED) is 0.919. The van der Waals surface area contributed by atoms with Crippen LogP contribution in [-0.2, 0) is 10.0 Å². The van der Waals surface area contributed by atoms with E-state index < -0.39 is 10.0 Å². The van der Waals surface area contributed by atoms with Gasteiger partial charge in [0.25, 0.3) is 5.91 Å². The van der Waals surface area contributed by atoms with Gasteiger partial charge in [0.05, 0.1) is 4.90 Å². The van der Waals surface area contributed by atoms with Crippen molar-refractivity contribution in [3.63, 3.8) is 0 Å². The molecule has 1 amide bonds. The van der Waals surface area contributed by atoms with E-state index in [0.717, 1.165) is 19.3 Å². The molecule has 0 aliphatic carbocycles. The van der Waals surface area contributed by atoms with Crippen molar-refractivity contribution in [2.24, 2.45) is 11.1 Å². The van der Waals surface area contributed by atoms with Gasteiger partial charge in [-0.25, -0.2) is 13.6 Å². The predicted octanol–water partition coefficient (Wildman–Crippen LogP) is 2.25. The highest BCUT2D eigenvalue weighted by atomic mass is 35.5. The minimum Gasteiger partial charge on any atom is -0.338 e. The van der Waals surface area contributed by atoms with E-state index in [2.05, 4.69) is 6.92 Å². The number of benzene rings is 1. The first kappa shape index (κ1) is 16.3. The van der Waals surface area contributed by atoms with Gasteiger partial charge in [-0.05, 0) is 37.0 Å². The molecule has 1 aliphatic heterocycles. The van der Waals surface area contributed by atoms with Crippen LogP contribution < -0.4 is 5.14 Å². The number of hydrogen-bond acceptors (Lipinski definition) is 3. The molecule has 1 atom stereocenters. The molecule has 1 saturated heterocycles. The minimum atomic E-state index is -3.88. The zero-order valence-corrected chi connectivity index (χ0v) is 13.5. The Morgan fingerprint density at radius 1 is 1.43 bits per heavy atom. The largest absolute Gasteiger partial charge is 0.338 e. The van der Waals surface area contributed by atoms with Gasteiger partial charge >= 0.3 is 0 Å². The fourth-order valence-corrected chi connectivity index (χ4v) is 3.58.